The van der Waals surface area contributed by atoms with Crippen molar-refractivity contribution >= 4 is 73.2 Å². The first kappa shape index (κ1) is 31.6. The molecule has 7 aromatic rings. The third kappa shape index (κ3) is 6.91. The second-order valence-corrected chi connectivity index (χ2v) is 13.6. The number of alkyl halides is 1. The first-order valence-corrected chi connectivity index (χ1v) is 17.9. The van der Waals surface area contributed by atoms with Gasteiger partial charge in [-0.2, -0.15) is 0 Å². The van der Waals surface area contributed by atoms with Crippen LogP contribution in [0.2, 0.25) is 0 Å². The number of pyridine rings is 2. The van der Waals surface area contributed by atoms with Crippen molar-refractivity contribution in [3.05, 3.63) is 182 Å². The standard InChI is InChI=1S/C45H33IN4/c46-40-9-5-26-47-25-3-7-35(30-40)32-11-18-41(19-12-32)50(42-20-13-33(14-21-42)36-17-24-45-38(28-36)8-4-27-48-45)43-22-15-34(16-23-43)39-29-37-6-1-2-10-44(37)49-31-39/h1-24,26-31,40H,25H2/b7-3-,9-5-,35-30+,47-26-. The van der Waals surface area contributed by atoms with Crippen molar-refractivity contribution in [3.8, 4) is 22.3 Å². The van der Waals surface area contributed by atoms with Gasteiger partial charge in [-0.25, -0.2) is 0 Å². The fourth-order valence-corrected chi connectivity index (χ4v) is 6.96. The Hall–Kier alpha value is -5.66. The molecule has 5 aromatic carbocycles. The van der Waals surface area contributed by atoms with Gasteiger partial charge in [-0.05, 0) is 101 Å². The van der Waals surface area contributed by atoms with Crippen LogP contribution in [0.3, 0.4) is 0 Å². The van der Waals surface area contributed by atoms with Gasteiger partial charge in [-0.15, -0.1) is 0 Å². The summed E-state index contributed by atoms with van der Waals surface area (Å²) in [4.78, 5) is 15.9. The zero-order valence-electron chi connectivity index (χ0n) is 27.3. The number of rotatable bonds is 6. The lowest BCUT2D eigenvalue weighted by molar-refractivity contribution is 1.26. The van der Waals surface area contributed by atoms with E-state index in [2.05, 4.69) is 177 Å². The largest absolute Gasteiger partial charge is 0.311 e. The van der Waals surface area contributed by atoms with Gasteiger partial charge in [-0.3, -0.25) is 15.0 Å². The molecule has 0 N–H and O–H groups in total. The van der Waals surface area contributed by atoms with Gasteiger partial charge in [0.05, 0.1) is 17.6 Å². The summed E-state index contributed by atoms with van der Waals surface area (Å²) in [5.41, 5.74) is 12.2. The molecule has 50 heavy (non-hydrogen) atoms. The molecule has 1 unspecified atom stereocenters. The lowest BCUT2D eigenvalue weighted by Crippen LogP contribution is -2.10. The van der Waals surface area contributed by atoms with Crippen molar-refractivity contribution in [2.24, 2.45) is 4.99 Å². The van der Waals surface area contributed by atoms with E-state index in [1.54, 1.807) is 0 Å². The number of hydrogen-bond acceptors (Lipinski definition) is 4. The molecule has 0 saturated carbocycles. The van der Waals surface area contributed by atoms with E-state index in [9.17, 15) is 0 Å². The van der Waals surface area contributed by atoms with E-state index in [1.807, 2.05) is 42.9 Å². The lowest BCUT2D eigenvalue weighted by Gasteiger charge is -2.26. The maximum Gasteiger partial charge on any atom is 0.0702 e. The first-order valence-electron chi connectivity index (χ1n) is 16.7. The molecule has 4 nitrogen and oxygen atoms in total. The average Bonchev–Trinajstić information content (AvgIpc) is 3.18. The van der Waals surface area contributed by atoms with Crippen molar-refractivity contribution in [2.45, 2.75) is 3.92 Å². The van der Waals surface area contributed by atoms with E-state index in [0.717, 1.165) is 55.6 Å². The van der Waals surface area contributed by atoms with Crippen LogP contribution in [-0.2, 0) is 0 Å². The summed E-state index contributed by atoms with van der Waals surface area (Å²) in [6, 6.07) is 47.4. The molecule has 0 saturated heterocycles. The zero-order chi connectivity index (χ0) is 33.7. The highest BCUT2D eigenvalue weighted by molar-refractivity contribution is 14.1. The highest BCUT2D eigenvalue weighted by atomic mass is 127. The molecule has 1 atom stereocenters. The van der Waals surface area contributed by atoms with Gasteiger partial charge in [0, 0.05) is 55.9 Å². The summed E-state index contributed by atoms with van der Waals surface area (Å²) >= 11 is 2.45. The van der Waals surface area contributed by atoms with Crippen molar-refractivity contribution in [1.82, 2.24) is 9.97 Å². The molecule has 1 aliphatic heterocycles. The van der Waals surface area contributed by atoms with E-state index >= 15 is 0 Å². The van der Waals surface area contributed by atoms with E-state index < -0.39 is 0 Å². The Balaban J connectivity index is 1.15. The summed E-state index contributed by atoms with van der Waals surface area (Å²) in [6.07, 6.45) is 16.4. The van der Waals surface area contributed by atoms with Crippen LogP contribution < -0.4 is 4.90 Å². The van der Waals surface area contributed by atoms with E-state index in [4.69, 9.17) is 4.98 Å². The zero-order valence-corrected chi connectivity index (χ0v) is 29.4. The molecular weight excluding hydrogens is 723 g/mol. The predicted octanol–water partition coefficient (Wildman–Crippen LogP) is 12.0. The Kier molecular flexibility index (Phi) is 9.13. The number of allylic oxidation sites excluding steroid dienone is 5. The minimum Gasteiger partial charge on any atom is -0.311 e. The average molecular weight is 757 g/mol. The van der Waals surface area contributed by atoms with Crippen molar-refractivity contribution in [3.63, 3.8) is 0 Å². The van der Waals surface area contributed by atoms with Crippen molar-refractivity contribution in [1.29, 1.82) is 0 Å². The fourth-order valence-electron chi connectivity index (χ4n) is 6.33. The first-order chi connectivity index (χ1) is 24.7. The van der Waals surface area contributed by atoms with Crippen LogP contribution in [-0.4, -0.2) is 26.7 Å². The number of benzene rings is 5. The molecule has 0 fully saturated rings. The Labute approximate surface area is 306 Å². The summed E-state index contributed by atoms with van der Waals surface area (Å²) < 4.78 is 0.265. The van der Waals surface area contributed by atoms with Crippen LogP contribution in [0.1, 0.15) is 5.56 Å². The van der Waals surface area contributed by atoms with Gasteiger partial charge >= 0.3 is 0 Å². The molecular formula is C45H33IN4. The Morgan fingerprint density at radius 3 is 1.92 bits per heavy atom. The van der Waals surface area contributed by atoms with Crippen LogP contribution in [0, 0.1) is 0 Å². The van der Waals surface area contributed by atoms with E-state index in [-0.39, 0.29) is 3.92 Å². The summed E-state index contributed by atoms with van der Waals surface area (Å²) in [6.45, 7) is 0.663. The molecule has 3 heterocycles. The van der Waals surface area contributed by atoms with Gasteiger partial charge in [-0.1, -0.05) is 114 Å². The molecule has 0 spiro atoms. The van der Waals surface area contributed by atoms with Crippen LogP contribution >= 0.6 is 22.6 Å². The minimum atomic E-state index is 0.265. The topological polar surface area (TPSA) is 41.4 Å². The summed E-state index contributed by atoms with van der Waals surface area (Å²) in [7, 11) is 0. The van der Waals surface area contributed by atoms with Gasteiger partial charge in [0.25, 0.3) is 0 Å². The summed E-state index contributed by atoms with van der Waals surface area (Å²) in [5, 5.41) is 2.27. The number of para-hydroxylation sites is 1. The Morgan fingerprint density at radius 1 is 0.580 bits per heavy atom. The van der Waals surface area contributed by atoms with Crippen LogP contribution in [0.4, 0.5) is 17.1 Å². The highest BCUT2D eigenvalue weighted by Gasteiger charge is 2.15. The molecule has 8 rings (SSSR count). The number of anilines is 3. The number of aromatic nitrogens is 2. The van der Waals surface area contributed by atoms with Crippen LogP contribution in [0.5, 0.6) is 0 Å². The molecule has 0 bridgehead atoms. The SMILES string of the molecule is IC1/C=C\C=N/C/C=C\C(c2ccc(N(c3ccc(-c4ccc5ncccc5c4)cc3)c3ccc(-c4cnc5ccccc5c4)cc3)cc2)=C/1. The number of fused-ring (bicyclic) bond motifs is 2. The molecule has 240 valence electrons. The number of aliphatic imine (C=N–C) groups is 1. The third-order valence-electron chi connectivity index (χ3n) is 8.90. The highest BCUT2D eigenvalue weighted by Crippen LogP contribution is 2.38. The van der Waals surface area contributed by atoms with Crippen molar-refractivity contribution in [2.75, 3.05) is 11.4 Å². The predicted molar refractivity (Wildman–Crippen MR) is 220 cm³/mol. The van der Waals surface area contributed by atoms with Gasteiger partial charge in [0.2, 0.25) is 0 Å². The van der Waals surface area contributed by atoms with Gasteiger partial charge in [0.15, 0.2) is 0 Å². The monoisotopic (exact) mass is 756 g/mol. The fraction of sp³-hybridized carbons (Fsp3) is 0.0444. The van der Waals surface area contributed by atoms with E-state index in [0.29, 0.717) is 6.54 Å². The van der Waals surface area contributed by atoms with Gasteiger partial charge in [0.1, 0.15) is 0 Å². The Morgan fingerprint density at radius 2 is 1.18 bits per heavy atom. The van der Waals surface area contributed by atoms with E-state index in [1.165, 1.54) is 16.7 Å². The lowest BCUT2D eigenvalue weighted by atomic mass is 10.0. The quantitative estimate of drug-likeness (QED) is 0.125. The molecule has 5 heteroatoms. The summed E-state index contributed by atoms with van der Waals surface area (Å²) in [5.74, 6) is 0. The maximum absolute atomic E-state index is 4.70. The number of halogens is 1. The van der Waals surface area contributed by atoms with Crippen LogP contribution in [0.25, 0.3) is 49.6 Å². The molecule has 2 aromatic heterocycles. The molecule has 1 aliphatic rings. The molecule has 0 aliphatic carbocycles. The minimum absolute atomic E-state index is 0.265. The van der Waals surface area contributed by atoms with Gasteiger partial charge < -0.3 is 4.90 Å². The maximum atomic E-state index is 4.70. The normalized spacial score (nSPS) is 17.5. The smallest absolute Gasteiger partial charge is 0.0702 e. The van der Waals surface area contributed by atoms with Crippen LogP contribution in [0.15, 0.2) is 181 Å². The molecule has 0 radical (unpaired) electrons. The molecule has 0 amide bonds. The Bertz CT molecular complexity index is 2280. The van der Waals surface area contributed by atoms with Crippen molar-refractivity contribution < 1.29 is 0 Å². The number of nitrogens with zero attached hydrogens (tertiary/aromatic N) is 4. The second kappa shape index (κ2) is 14.4. The number of hydrogen-bond donors (Lipinski definition) is 0. The second-order valence-electron chi connectivity index (χ2n) is 12.2. The third-order valence-corrected chi connectivity index (χ3v) is 9.68.